The summed E-state index contributed by atoms with van der Waals surface area (Å²) in [6, 6.07) is 5.82. The molecule has 4 heteroatoms. The van der Waals surface area contributed by atoms with Gasteiger partial charge in [-0.25, -0.2) is 4.98 Å². The predicted molar refractivity (Wildman–Crippen MR) is 61.7 cm³/mol. The van der Waals surface area contributed by atoms with Crippen molar-refractivity contribution in [2.75, 3.05) is 0 Å². The van der Waals surface area contributed by atoms with E-state index in [4.69, 9.17) is 5.73 Å². The van der Waals surface area contributed by atoms with E-state index in [-0.39, 0.29) is 0 Å². The first-order valence-corrected chi connectivity index (χ1v) is 5.58. The van der Waals surface area contributed by atoms with Crippen molar-refractivity contribution in [1.82, 2.24) is 15.0 Å². The molecule has 1 saturated carbocycles. The average Bonchev–Trinajstić information content (AvgIpc) is 3.10. The molecule has 0 spiro atoms. The van der Waals surface area contributed by atoms with Crippen LogP contribution >= 0.6 is 0 Å². The summed E-state index contributed by atoms with van der Waals surface area (Å²) in [5, 5.41) is 0. The fourth-order valence-electron chi connectivity index (χ4n) is 1.90. The topological polar surface area (TPSA) is 67.6 Å². The lowest BCUT2D eigenvalue weighted by molar-refractivity contribution is 0.944. The molecular weight excluding hydrogens is 200 g/mol. The first-order valence-electron chi connectivity index (χ1n) is 5.58. The van der Waals surface area contributed by atoms with Crippen LogP contribution in [0.25, 0.3) is 11.5 Å². The van der Waals surface area contributed by atoms with E-state index in [0.29, 0.717) is 12.5 Å². The fraction of sp³-hybridized carbons (Fsp3) is 0.333. The van der Waals surface area contributed by atoms with Crippen LogP contribution in [0.5, 0.6) is 0 Å². The molecule has 0 atom stereocenters. The minimum atomic E-state index is 0.520. The highest BCUT2D eigenvalue weighted by Crippen LogP contribution is 2.41. The van der Waals surface area contributed by atoms with Crippen LogP contribution < -0.4 is 5.73 Å². The Hall–Kier alpha value is -1.68. The lowest BCUT2D eigenvalue weighted by Crippen LogP contribution is -1.99. The Bertz CT molecular complexity index is 485. The maximum Gasteiger partial charge on any atom is 0.156 e. The molecule has 4 nitrogen and oxygen atoms in total. The second-order valence-electron chi connectivity index (χ2n) is 4.14. The number of rotatable bonds is 3. The molecule has 2 heterocycles. The van der Waals surface area contributed by atoms with Crippen molar-refractivity contribution in [3.05, 3.63) is 35.8 Å². The number of pyridine rings is 1. The number of imidazole rings is 1. The number of nitrogens with one attached hydrogen (secondary N) is 1. The van der Waals surface area contributed by atoms with E-state index in [9.17, 15) is 0 Å². The Kier molecular flexibility index (Phi) is 2.22. The second kappa shape index (κ2) is 3.72. The largest absolute Gasteiger partial charge is 0.339 e. The van der Waals surface area contributed by atoms with Crippen LogP contribution in [0.4, 0.5) is 0 Å². The van der Waals surface area contributed by atoms with Crippen LogP contribution in [-0.4, -0.2) is 15.0 Å². The SMILES string of the molecule is NCc1[nH]c(-c2ccccn2)nc1C1CC1. The molecule has 1 fully saturated rings. The molecule has 3 N–H and O–H groups in total. The molecule has 0 saturated heterocycles. The van der Waals surface area contributed by atoms with Crippen molar-refractivity contribution in [3.8, 4) is 11.5 Å². The van der Waals surface area contributed by atoms with Gasteiger partial charge in [0.25, 0.3) is 0 Å². The van der Waals surface area contributed by atoms with Gasteiger partial charge in [-0.1, -0.05) is 6.07 Å². The fourth-order valence-corrected chi connectivity index (χ4v) is 1.90. The maximum absolute atomic E-state index is 5.72. The van der Waals surface area contributed by atoms with Crippen molar-refractivity contribution in [3.63, 3.8) is 0 Å². The highest BCUT2D eigenvalue weighted by molar-refractivity contribution is 5.50. The molecule has 1 aliphatic rings. The number of nitrogens with two attached hydrogens (primary N) is 1. The Labute approximate surface area is 93.9 Å². The Morgan fingerprint density at radius 2 is 2.25 bits per heavy atom. The quantitative estimate of drug-likeness (QED) is 0.818. The van der Waals surface area contributed by atoms with Gasteiger partial charge in [-0.2, -0.15) is 0 Å². The summed E-state index contributed by atoms with van der Waals surface area (Å²) < 4.78 is 0. The van der Waals surface area contributed by atoms with Gasteiger partial charge < -0.3 is 10.7 Å². The van der Waals surface area contributed by atoms with Crippen LogP contribution in [0.1, 0.15) is 30.1 Å². The van der Waals surface area contributed by atoms with Crippen LogP contribution in [0.2, 0.25) is 0 Å². The van der Waals surface area contributed by atoms with Crippen molar-refractivity contribution >= 4 is 0 Å². The van der Waals surface area contributed by atoms with E-state index in [1.54, 1.807) is 6.20 Å². The molecule has 0 unspecified atom stereocenters. The summed E-state index contributed by atoms with van der Waals surface area (Å²) in [6.45, 7) is 0.520. The molecule has 0 aromatic carbocycles. The Morgan fingerprint density at radius 3 is 2.88 bits per heavy atom. The summed E-state index contributed by atoms with van der Waals surface area (Å²) in [5.74, 6) is 1.45. The molecule has 82 valence electrons. The monoisotopic (exact) mass is 214 g/mol. The molecule has 3 rings (SSSR count). The summed E-state index contributed by atoms with van der Waals surface area (Å²) >= 11 is 0. The summed E-state index contributed by atoms with van der Waals surface area (Å²) in [6.07, 6.45) is 4.25. The third-order valence-electron chi connectivity index (χ3n) is 2.89. The van der Waals surface area contributed by atoms with E-state index in [2.05, 4.69) is 15.0 Å². The molecule has 16 heavy (non-hydrogen) atoms. The molecule has 0 bridgehead atoms. The minimum absolute atomic E-state index is 0.520. The maximum atomic E-state index is 5.72. The van der Waals surface area contributed by atoms with Crippen molar-refractivity contribution in [2.45, 2.75) is 25.3 Å². The predicted octanol–water partition coefficient (Wildman–Crippen LogP) is 1.81. The molecule has 1 aliphatic carbocycles. The Balaban J connectivity index is 2.02. The van der Waals surface area contributed by atoms with Gasteiger partial charge in [0.2, 0.25) is 0 Å². The van der Waals surface area contributed by atoms with Crippen molar-refractivity contribution in [2.24, 2.45) is 5.73 Å². The normalized spacial score (nSPS) is 15.3. The molecule has 2 aromatic heterocycles. The number of hydrogen-bond acceptors (Lipinski definition) is 3. The number of aromatic nitrogens is 3. The lowest BCUT2D eigenvalue weighted by Gasteiger charge is -1.94. The zero-order valence-corrected chi connectivity index (χ0v) is 8.98. The summed E-state index contributed by atoms with van der Waals surface area (Å²) in [5.41, 5.74) is 8.80. The third kappa shape index (κ3) is 1.61. The zero-order chi connectivity index (χ0) is 11.0. The van der Waals surface area contributed by atoms with Gasteiger partial charge in [0.1, 0.15) is 5.69 Å². The number of nitrogens with zero attached hydrogens (tertiary/aromatic N) is 2. The number of H-pyrrole nitrogens is 1. The van der Waals surface area contributed by atoms with Crippen LogP contribution in [0.15, 0.2) is 24.4 Å². The molecule has 0 aliphatic heterocycles. The second-order valence-corrected chi connectivity index (χ2v) is 4.14. The number of aromatic amines is 1. The van der Waals surface area contributed by atoms with E-state index in [0.717, 1.165) is 22.9 Å². The third-order valence-corrected chi connectivity index (χ3v) is 2.89. The van der Waals surface area contributed by atoms with Crippen LogP contribution in [0.3, 0.4) is 0 Å². The molecular formula is C12H14N4. The van der Waals surface area contributed by atoms with Gasteiger partial charge >= 0.3 is 0 Å². The van der Waals surface area contributed by atoms with E-state index in [1.165, 1.54) is 12.8 Å². The first-order chi connectivity index (χ1) is 7.88. The van der Waals surface area contributed by atoms with Gasteiger partial charge in [0, 0.05) is 18.7 Å². The zero-order valence-electron chi connectivity index (χ0n) is 8.98. The van der Waals surface area contributed by atoms with Gasteiger partial charge in [0.15, 0.2) is 5.82 Å². The van der Waals surface area contributed by atoms with E-state index in [1.807, 2.05) is 18.2 Å². The first kappa shape index (κ1) is 9.54. The van der Waals surface area contributed by atoms with Gasteiger partial charge in [-0.3, -0.25) is 4.98 Å². The standard InChI is InChI=1S/C12H14N4/c13-7-10-11(8-4-5-8)16-12(15-10)9-3-1-2-6-14-9/h1-3,6,8H,4-5,7,13H2,(H,15,16). The Morgan fingerprint density at radius 1 is 1.38 bits per heavy atom. The van der Waals surface area contributed by atoms with E-state index >= 15 is 0 Å². The van der Waals surface area contributed by atoms with Crippen molar-refractivity contribution < 1.29 is 0 Å². The summed E-state index contributed by atoms with van der Waals surface area (Å²) in [4.78, 5) is 12.2. The number of hydrogen-bond donors (Lipinski definition) is 2. The average molecular weight is 214 g/mol. The van der Waals surface area contributed by atoms with Crippen LogP contribution in [-0.2, 0) is 6.54 Å². The lowest BCUT2D eigenvalue weighted by atomic mass is 10.2. The molecule has 2 aromatic rings. The van der Waals surface area contributed by atoms with Crippen molar-refractivity contribution in [1.29, 1.82) is 0 Å². The smallest absolute Gasteiger partial charge is 0.156 e. The van der Waals surface area contributed by atoms with Gasteiger partial charge in [-0.15, -0.1) is 0 Å². The van der Waals surface area contributed by atoms with Crippen LogP contribution in [0, 0.1) is 0 Å². The molecule has 0 amide bonds. The molecule has 0 radical (unpaired) electrons. The highest BCUT2D eigenvalue weighted by Gasteiger charge is 2.29. The van der Waals surface area contributed by atoms with Gasteiger partial charge in [-0.05, 0) is 25.0 Å². The summed E-state index contributed by atoms with van der Waals surface area (Å²) in [7, 11) is 0. The van der Waals surface area contributed by atoms with Gasteiger partial charge in [0.05, 0.1) is 11.4 Å². The van der Waals surface area contributed by atoms with E-state index < -0.39 is 0 Å². The minimum Gasteiger partial charge on any atom is -0.339 e. The highest BCUT2D eigenvalue weighted by atomic mass is 15.0.